The van der Waals surface area contributed by atoms with Gasteiger partial charge < -0.3 is 23.8 Å². The topological polar surface area (TPSA) is 85.9 Å². The molecule has 158 valence electrons. The first kappa shape index (κ1) is 20.4. The van der Waals surface area contributed by atoms with Gasteiger partial charge in [0, 0.05) is 30.2 Å². The van der Waals surface area contributed by atoms with Gasteiger partial charge in [0.2, 0.25) is 0 Å². The molecule has 0 radical (unpaired) electrons. The van der Waals surface area contributed by atoms with E-state index in [9.17, 15) is 4.79 Å². The Morgan fingerprint density at radius 1 is 1.13 bits per heavy atom. The second kappa shape index (κ2) is 8.47. The molecule has 4 rings (SSSR count). The smallest absolute Gasteiger partial charge is 0.273 e. The molecule has 1 N–H and O–H groups in total. The van der Waals surface area contributed by atoms with E-state index >= 15 is 0 Å². The molecule has 1 unspecified atom stereocenters. The Balaban J connectivity index is 1.82. The van der Waals surface area contributed by atoms with E-state index in [4.69, 9.17) is 18.9 Å². The summed E-state index contributed by atoms with van der Waals surface area (Å²) in [5, 5.41) is 9.41. The van der Waals surface area contributed by atoms with Crippen molar-refractivity contribution in [2.24, 2.45) is 0 Å². The molecule has 0 fully saturated rings. The van der Waals surface area contributed by atoms with Crippen LogP contribution in [-0.4, -0.2) is 62.3 Å². The summed E-state index contributed by atoms with van der Waals surface area (Å²) in [5.74, 6) is 1.09. The molecule has 2 aromatic heterocycles. The average molecular weight is 429 g/mol. The maximum atomic E-state index is 13.2. The summed E-state index contributed by atoms with van der Waals surface area (Å²) >= 11 is 1.59. The van der Waals surface area contributed by atoms with Crippen LogP contribution in [0.1, 0.15) is 27.0 Å². The van der Waals surface area contributed by atoms with Crippen LogP contribution in [0.4, 0.5) is 0 Å². The van der Waals surface area contributed by atoms with Gasteiger partial charge in [0.15, 0.2) is 17.8 Å². The minimum atomic E-state index is -0.530. The van der Waals surface area contributed by atoms with E-state index < -0.39 is 6.29 Å². The van der Waals surface area contributed by atoms with Crippen LogP contribution in [-0.2, 0) is 9.47 Å². The summed E-state index contributed by atoms with van der Waals surface area (Å²) in [6, 6.07) is 9.30. The second-order valence-electron chi connectivity index (χ2n) is 6.71. The third-order valence-corrected chi connectivity index (χ3v) is 6.13. The zero-order valence-electron chi connectivity index (χ0n) is 17.2. The van der Waals surface area contributed by atoms with Gasteiger partial charge >= 0.3 is 0 Å². The molecule has 1 amide bonds. The summed E-state index contributed by atoms with van der Waals surface area (Å²) in [6.45, 7) is 0.294. The fraction of sp³-hybridized carbons (Fsp3) is 0.333. The molecular formula is C21H23N3O5S. The largest absolute Gasteiger partial charge is 0.493 e. The first-order chi connectivity index (χ1) is 14.6. The number of benzene rings is 1. The standard InChI is InChI=1S/C21H23N3O5S/c1-26-13-8-7-12(10-14(13)27-2)18-17-19(23-22-18)21(25)24(11-16(28-3)29-4)20(17)15-6-5-9-30-15/h5-10,16,20H,11H2,1-4H3,(H,22,23). The maximum Gasteiger partial charge on any atom is 0.273 e. The molecule has 0 bridgehead atoms. The molecule has 0 saturated carbocycles. The average Bonchev–Trinajstić information content (AvgIpc) is 3.50. The number of rotatable bonds is 8. The molecule has 3 heterocycles. The zero-order valence-corrected chi connectivity index (χ0v) is 18.0. The molecule has 0 spiro atoms. The quantitative estimate of drug-likeness (QED) is 0.553. The molecule has 9 heteroatoms. The SMILES string of the molecule is COc1ccc(-c2n[nH]c3c2C(c2cccs2)N(CC(OC)OC)C3=O)cc1OC. The molecule has 0 aliphatic carbocycles. The molecule has 8 nitrogen and oxygen atoms in total. The first-order valence-corrected chi connectivity index (χ1v) is 10.2. The Bertz CT molecular complexity index is 1030. The summed E-state index contributed by atoms with van der Waals surface area (Å²) in [6.07, 6.45) is -0.530. The van der Waals surface area contributed by atoms with E-state index in [1.807, 2.05) is 35.7 Å². The summed E-state index contributed by atoms with van der Waals surface area (Å²) in [4.78, 5) is 16.0. The number of nitrogens with one attached hydrogen (secondary N) is 1. The van der Waals surface area contributed by atoms with Crippen LogP contribution in [0.15, 0.2) is 35.7 Å². The predicted molar refractivity (Wildman–Crippen MR) is 112 cm³/mol. The van der Waals surface area contributed by atoms with Crippen molar-refractivity contribution in [1.82, 2.24) is 15.1 Å². The molecule has 0 saturated heterocycles. The van der Waals surface area contributed by atoms with Crippen molar-refractivity contribution in [1.29, 1.82) is 0 Å². The number of H-pyrrole nitrogens is 1. The highest BCUT2D eigenvalue weighted by atomic mass is 32.1. The maximum absolute atomic E-state index is 13.2. The number of amides is 1. The summed E-state index contributed by atoms with van der Waals surface area (Å²) < 4.78 is 21.5. The van der Waals surface area contributed by atoms with E-state index in [-0.39, 0.29) is 11.9 Å². The molecule has 1 aliphatic rings. The van der Waals surface area contributed by atoms with Gasteiger partial charge in [-0.25, -0.2) is 0 Å². The van der Waals surface area contributed by atoms with Gasteiger partial charge in [0.1, 0.15) is 5.69 Å². The molecule has 1 atom stereocenters. The van der Waals surface area contributed by atoms with Gasteiger partial charge in [0.05, 0.1) is 32.5 Å². The van der Waals surface area contributed by atoms with Crippen LogP contribution >= 0.6 is 11.3 Å². The van der Waals surface area contributed by atoms with Gasteiger partial charge in [-0.05, 0) is 29.6 Å². The Morgan fingerprint density at radius 3 is 2.53 bits per heavy atom. The third-order valence-electron chi connectivity index (χ3n) is 5.21. The highest BCUT2D eigenvalue weighted by molar-refractivity contribution is 7.10. The highest BCUT2D eigenvalue weighted by Gasteiger charge is 2.43. The number of thiophene rings is 1. The van der Waals surface area contributed by atoms with Crippen molar-refractivity contribution in [2.75, 3.05) is 35.0 Å². The monoisotopic (exact) mass is 429 g/mol. The van der Waals surface area contributed by atoms with Crippen LogP contribution in [0.5, 0.6) is 11.5 Å². The Hall–Kier alpha value is -2.88. The predicted octanol–water partition coefficient (Wildman–Crippen LogP) is 3.32. The van der Waals surface area contributed by atoms with Crippen LogP contribution in [0.2, 0.25) is 0 Å². The van der Waals surface area contributed by atoms with E-state index in [1.165, 1.54) is 0 Å². The number of hydrogen-bond acceptors (Lipinski definition) is 7. The molecule has 1 aromatic carbocycles. The van der Waals surface area contributed by atoms with Crippen LogP contribution in [0.3, 0.4) is 0 Å². The van der Waals surface area contributed by atoms with E-state index in [2.05, 4.69) is 10.2 Å². The number of fused-ring (bicyclic) bond motifs is 1. The van der Waals surface area contributed by atoms with E-state index in [1.54, 1.807) is 44.7 Å². The van der Waals surface area contributed by atoms with Crippen LogP contribution in [0.25, 0.3) is 11.3 Å². The van der Waals surface area contributed by atoms with Gasteiger partial charge in [-0.2, -0.15) is 5.10 Å². The number of carbonyl (C=O) groups is 1. The van der Waals surface area contributed by atoms with Crippen molar-refractivity contribution in [2.45, 2.75) is 12.3 Å². The normalized spacial score (nSPS) is 15.7. The number of ether oxygens (including phenoxy) is 4. The number of aromatic amines is 1. The fourth-order valence-electron chi connectivity index (χ4n) is 3.74. The minimum Gasteiger partial charge on any atom is -0.493 e. The Labute approximate surface area is 178 Å². The summed E-state index contributed by atoms with van der Waals surface area (Å²) in [7, 11) is 6.30. The second-order valence-corrected chi connectivity index (χ2v) is 7.69. The number of carbonyl (C=O) groups excluding carboxylic acids is 1. The van der Waals surface area contributed by atoms with Crippen molar-refractivity contribution in [3.63, 3.8) is 0 Å². The lowest BCUT2D eigenvalue weighted by atomic mass is 10.0. The number of hydrogen-bond donors (Lipinski definition) is 1. The van der Waals surface area contributed by atoms with Gasteiger partial charge in [-0.3, -0.25) is 9.89 Å². The third kappa shape index (κ3) is 3.34. The Kier molecular flexibility index (Phi) is 5.76. The van der Waals surface area contributed by atoms with Crippen molar-refractivity contribution >= 4 is 17.2 Å². The molecule has 1 aliphatic heterocycles. The van der Waals surface area contributed by atoms with Crippen molar-refractivity contribution in [3.05, 3.63) is 51.8 Å². The number of methoxy groups -OCH3 is 4. The molecular weight excluding hydrogens is 406 g/mol. The van der Waals surface area contributed by atoms with Crippen LogP contribution < -0.4 is 9.47 Å². The van der Waals surface area contributed by atoms with Gasteiger partial charge in [0.25, 0.3) is 5.91 Å². The van der Waals surface area contributed by atoms with Crippen molar-refractivity contribution < 1.29 is 23.7 Å². The number of nitrogens with zero attached hydrogens (tertiary/aromatic N) is 2. The molecule has 3 aromatic rings. The minimum absolute atomic E-state index is 0.137. The van der Waals surface area contributed by atoms with E-state index in [0.29, 0.717) is 29.4 Å². The first-order valence-electron chi connectivity index (χ1n) is 9.33. The lowest BCUT2D eigenvalue weighted by Gasteiger charge is -2.28. The van der Waals surface area contributed by atoms with E-state index in [0.717, 1.165) is 16.0 Å². The van der Waals surface area contributed by atoms with Crippen molar-refractivity contribution in [3.8, 4) is 22.8 Å². The fourth-order valence-corrected chi connectivity index (χ4v) is 4.58. The van der Waals surface area contributed by atoms with Gasteiger partial charge in [-0.15, -0.1) is 11.3 Å². The Morgan fingerprint density at radius 2 is 1.90 bits per heavy atom. The van der Waals surface area contributed by atoms with Crippen LogP contribution in [0, 0.1) is 0 Å². The lowest BCUT2D eigenvalue weighted by Crippen LogP contribution is -2.37. The van der Waals surface area contributed by atoms with Gasteiger partial charge in [-0.1, -0.05) is 6.07 Å². The summed E-state index contributed by atoms with van der Waals surface area (Å²) in [5.41, 5.74) is 2.84. The highest BCUT2D eigenvalue weighted by Crippen LogP contribution is 2.45. The lowest BCUT2D eigenvalue weighted by molar-refractivity contribution is -0.113. The molecule has 30 heavy (non-hydrogen) atoms. The zero-order chi connectivity index (χ0) is 21.3. The number of aromatic nitrogens is 2.